The standard InChI is InChI=1S/C22H18N4O2S2.C6H6O3S/c1-12-19(22(27)23-2)14-5-4-13(10-17(14)29-12)28-16-6-7-24-15-11-18(30-20(15)16)21-25-8-9-26(21)3;7-10(8,9)6-4-2-1-3-5-6/h4-11H,1-3H3,(H,23,27);1-5H,(H,7,8,9). The predicted octanol–water partition coefficient (Wildman–Crippen LogP) is 6.31. The highest BCUT2D eigenvalue weighted by Crippen LogP contribution is 2.40. The first-order chi connectivity index (χ1) is 19.2. The van der Waals surface area contributed by atoms with Gasteiger partial charge in [0.1, 0.15) is 17.3 Å². The summed E-state index contributed by atoms with van der Waals surface area (Å²) < 4.78 is 39.5. The molecule has 9 nitrogen and oxygen atoms in total. The van der Waals surface area contributed by atoms with Crippen molar-refractivity contribution in [1.82, 2.24) is 19.9 Å². The van der Waals surface area contributed by atoms with Crippen LogP contribution in [0.4, 0.5) is 0 Å². The highest BCUT2D eigenvalue weighted by atomic mass is 32.2. The molecular formula is C28H24N4O5S3. The highest BCUT2D eigenvalue weighted by Gasteiger charge is 2.17. The zero-order valence-corrected chi connectivity index (χ0v) is 24.1. The number of benzene rings is 2. The molecule has 40 heavy (non-hydrogen) atoms. The number of ether oxygens (including phenoxy) is 1. The zero-order valence-electron chi connectivity index (χ0n) is 21.7. The van der Waals surface area contributed by atoms with Gasteiger partial charge in [-0.05, 0) is 43.3 Å². The van der Waals surface area contributed by atoms with Crippen LogP contribution in [0.1, 0.15) is 15.2 Å². The second-order valence-electron chi connectivity index (χ2n) is 8.66. The molecule has 204 valence electrons. The molecule has 2 N–H and O–H groups in total. The second kappa shape index (κ2) is 11.2. The van der Waals surface area contributed by atoms with Crippen molar-refractivity contribution in [2.24, 2.45) is 7.05 Å². The average Bonchev–Trinajstić information content (AvgIpc) is 3.64. The van der Waals surface area contributed by atoms with E-state index in [1.165, 1.54) is 12.1 Å². The van der Waals surface area contributed by atoms with Gasteiger partial charge in [-0.1, -0.05) is 18.2 Å². The Morgan fingerprint density at radius 1 is 1.02 bits per heavy atom. The summed E-state index contributed by atoms with van der Waals surface area (Å²) in [5, 5.41) is 3.66. The molecule has 0 fully saturated rings. The molecule has 0 unspecified atom stereocenters. The summed E-state index contributed by atoms with van der Waals surface area (Å²) in [6.07, 6.45) is 5.47. The first kappa shape index (κ1) is 27.5. The van der Waals surface area contributed by atoms with E-state index in [1.54, 1.807) is 60.3 Å². The van der Waals surface area contributed by atoms with Crippen LogP contribution in [-0.4, -0.2) is 40.5 Å². The lowest BCUT2D eigenvalue weighted by Gasteiger charge is -2.07. The number of amides is 1. The molecule has 0 saturated carbocycles. The zero-order chi connectivity index (χ0) is 28.4. The summed E-state index contributed by atoms with van der Waals surface area (Å²) in [4.78, 5) is 23.1. The Bertz CT molecular complexity index is 1940. The molecule has 0 aliphatic carbocycles. The van der Waals surface area contributed by atoms with Crippen LogP contribution in [0, 0.1) is 6.92 Å². The number of carbonyl (C=O) groups is 1. The summed E-state index contributed by atoms with van der Waals surface area (Å²) >= 11 is 3.20. The van der Waals surface area contributed by atoms with Gasteiger partial charge in [-0.2, -0.15) is 8.42 Å². The van der Waals surface area contributed by atoms with E-state index in [9.17, 15) is 13.2 Å². The molecule has 0 bridgehead atoms. The average molecular weight is 593 g/mol. The number of hydrogen-bond acceptors (Lipinski definition) is 8. The smallest absolute Gasteiger partial charge is 0.294 e. The van der Waals surface area contributed by atoms with Gasteiger partial charge in [0.15, 0.2) is 0 Å². The van der Waals surface area contributed by atoms with Crippen LogP contribution in [0.25, 0.3) is 31.0 Å². The number of aromatic nitrogens is 3. The van der Waals surface area contributed by atoms with Crippen molar-refractivity contribution in [3.05, 3.63) is 89.7 Å². The Morgan fingerprint density at radius 2 is 1.80 bits per heavy atom. The second-order valence-corrected chi connectivity index (χ2v) is 12.4. The molecule has 0 saturated heterocycles. The lowest BCUT2D eigenvalue weighted by Crippen LogP contribution is -2.18. The fourth-order valence-corrected chi connectivity index (χ4v) is 6.79. The molecule has 6 rings (SSSR count). The van der Waals surface area contributed by atoms with E-state index in [0.717, 1.165) is 52.9 Å². The summed E-state index contributed by atoms with van der Waals surface area (Å²) in [5.41, 5.74) is 1.61. The van der Waals surface area contributed by atoms with Crippen molar-refractivity contribution in [2.45, 2.75) is 11.8 Å². The number of nitrogens with one attached hydrogen (secondary N) is 1. The van der Waals surface area contributed by atoms with Crippen LogP contribution in [0.2, 0.25) is 0 Å². The molecule has 12 heteroatoms. The summed E-state index contributed by atoms with van der Waals surface area (Å²) in [6, 6.07) is 17.2. The Kier molecular flexibility index (Phi) is 7.68. The lowest BCUT2D eigenvalue weighted by atomic mass is 10.1. The number of imidazole rings is 1. The van der Waals surface area contributed by atoms with Crippen LogP contribution < -0.4 is 10.1 Å². The number of aryl methyl sites for hydroxylation is 2. The van der Waals surface area contributed by atoms with Crippen molar-refractivity contribution >= 4 is 59.0 Å². The number of rotatable bonds is 5. The van der Waals surface area contributed by atoms with E-state index in [1.807, 2.05) is 55.1 Å². The quantitative estimate of drug-likeness (QED) is 0.225. The van der Waals surface area contributed by atoms with Crippen molar-refractivity contribution in [3.63, 3.8) is 0 Å². The van der Waals surface area contributed by atoms with E-state index in [4.69, 9.17) is 9.29 Å². The normalized spacial score (nSPS) is 11.3. The minimum Gasteiger partial charge on any atom is -0.456 e. The van der Waals surface area contributed by atoms with Gasteiger partial charge in [0.05, 0.1) is 25.6 Å². The van der Waals surface area contributed by atoms with E-state index < -0.39 is 10.1 Å². The Labute approximate surface area is 238 Å². The van der Waals surface area contributed by atoms with Gasteiger partial charge in [0.2, 0.25) is 0 Å². The van der Waals surface area contributed by atoms with Gasteiger partial charge in [-0.15, -0.1) is 22.7 Å². The number of thiophene rings is 2. The van der Waals surface area contributed by atoms with Gasteiger partial charge in [0, 0.05) is 53.7 Å². The number of fused-ring (bicyclic) bond motifs is 2. The van der Waals surface area contributed by atoms with Gasteiger partial charge >= 0.3 is 0 Å². The fraction of sp³-hybridized carbons (Fsp3) is 0.107. The van der Waals surface area contributed by atoms with Gasteiger partial charge in [-0.3, -0.25) is 14.3 Å². The molecule has 0 atom stereocenters. The number of nitrogens with zero attached hydrogens (tertiary/aromatic N) is 3. The third-order valence-electron chi connectivity index (χ3n) is 5.98. The summed E-state index contributed by atoms with van der Waals surface area (Å²) in [7, 11) is -0.377. The number of hydrogen-bond donors (Lipinski definition) is 2. The van der Waals surface area contributed by atoms with E-state index in [-0.39, 0.29) is 10.8 Å². The van der Waals surface area contributed by atoms with Crippen LogP contribution in [-0.2, 0) is 17.2 Å². The van der Waals surface area contributed by atoms with Crippen molar-refractivity contribution in [2.75, 3.05) is 7.05 Å². The molecule has 2 aromatic carbocycles. The molecule has 4 heterocycles. The van der Waals surface area contributed by atoms with Crippen molar-refractivity contribution in [1.29, 1.82) is 0 Å². The largest absolute Gasteiger partial charge is 0.456 e. The Hall–Kier alpha value is -4.10. The van der Waals surface area contributed by atoms with E-state index >= 15 is 0 Å². The topological polar surface area (TPSA) is 123 Å². The summed E-state index contributed by atoms with van der Waals surface area (Å²) in [5.74, 6) is 2.32. The number of pyridine rings is 1. The van der Waals surface area contributed by atoms with E-state index in [2.05, 4.69) is 15.3 Å². The van der Waals surface area contributed by atoms with Gasteiger partial charge in [-0.25, -0.2) is 4.98 Å². The summed E-state index contributed by atoms with van der Waals surface area (Å²) in [6.45, 7) is 1.97. The van der Waals surface area contributed by atoms with Crippen LogP contribution in [0.3, 0.4) is 0 Å². The number of carbonyl (C=O) groups excluding carboxylic acids is 1. The maximum atomic E-state index is 12.2. The molecular weight excluding hydrogens is 569 g/mol. The minimum absolute atomic E-state index is 0.0661. The first-order valence-corrected chi connectivity index (χ1v) is 15.0. The molecule has 1 amide bonds. The molecule has 0 aliphatic heterocycles. The van der Waals surface area contributed by atoms with Crippen LogP contribution in [0.5, 0.6) is 11.5 Å². The molecule has 0 radical (unpaired) electrons. The fourth-order valence-electron chi connectivity index (χ4n) is 4.10. The Morgan fingerprint density at radius 3 is 2.45 bits per heavy atom. The van der Waals surface area contributed by atoms with E-state index in [0.29, 0.717) is 0 Å². The van der Waals surface area contributed by atoms with Crippen molar-refractivity contribution in [3.8, 4) is 22.2 Å². The van der Waals surface area contributed by atoms with Crippen molar-refractivity contribution < 1.29 is 22.5 Å². The highest BCUT2D eigenvalue weighted by molar-refractivity contribution is 7.85. The van der Waals surface area contributed by atoms with Crippen LogP contribution >= 0.6 is 22.7 Å². The minimum atomic E-state index is -4.00. The van der Waals surface area contributed by atoms with Crippen LogP contribution in [0.15, 0.2) is 84.1 Å². The maximum absolute atomic E-state index is 12.2. The monoisotopic (exact) mass is 592 g/mol. The molecule has 0 aliphatic rings. The van der Waals surface area contributed by atoms with Gasteiger partial charge in [0.25, 0.3) is 16.0 Å². The maximum Gasteiger partial charge on any atom is 0.294 e. The molecule has 4 aromatic heterocycles. The SMILES string of the molecule is CNC(=O)c1c(C)sc2cc(Oc3ccnc4cc(-c5nccn5C)sc34)ccc12.O=S(=O)(O)c1ccccc1. The third kappa shape index (κ3) is 5.61. The molecule has 6 aromatic rings. The lowest BCUT2D eigenvalue weighted by molar-refractivity contribution is 0.0964. The Balaban J connectivity index is 0.000000274. The predicted molar refractivity (Wildman–Crippen MR) is 158 cm³/mol. The van der Waals surface area contributed by atoms with Gasteiger partial charge < -0.3 is 14.6 Å². The third-order valence-corrected chi connectivity index (χ3v) is 9.05. The molecule has 0 spiro atoms. The first-order valence-electron chi connectivity index (χ1n) is 12.0.